The quantitative estimate of drug-likeness (QED) is 0.390. The molecule has 0 unspecified atom stereocenters. The number of ether oxygens (including phenoxy) is 2. The van der Waals surface area contributed by atoms with Gasteiger partial charge in [0, 0.05) is 13.1 Å². The van der Waals surface area contributed by atoms with Crippen LogP contribution in [0.1, 0.15) is 72.3 Å². The summed E-state index contributed by atoms with van der Waals surface area (Å²) in [6, 6.07) is 8.53. The number of amides is 4. The van der Waals surface area contributed by atoms with Gasteiger partial charge >= 0.3 is 6.09 Å². The average molecular weight is 574 g/mol. The number of nitrogens with zero attached hydrogens (tertiary/aromatic N) is 2. The van der Waals surface area contributed by atoms with Crippen LogP contribution in [0.4, 0.5) is 4.79 Å². The standard InChI is InChI=1S/C30H47N5O6/c1-28(2,3)41-27(39)33-29(4,5)26(38)32-23(21-40-20-22-12-8-6-9-13-22)24(36)34-18-14-30(15-19-34,25(31)37)35-16-10-7-11-17-35/h6,8-9,12-13,23H,7,10-11,14-21H2,1-5H3,(H2,31,37)(H,32,38)(H,33,39)/t23-/m1/s1. The van der Waals surface area contributed by atoms with E-state index in [2.05, 4.69) is 15.5 Å². The van der Waals surface area contributed by atoms with Gasteiger partial charge in [-0.25, -0.2) is 4.79 Å². The Morgan fingerprint density at radius 1 is 0.951 bits per heavy atom. The zero-order chi connectivity index (χ0) is 30.3. The lowest BCUT2D eigenvalue weighted by Gasteiger charge is -2.48. The number of primary amides is 1. The minimum Gasteiger partial charge on any atom is -0.444 e. The van der Waals surface area contributed by atoms with Crippen LogP contribution in [-0.2, 0) is 30.5 Å². The minimum absolute atomic E-state index is 0.0639. The van der Waals surface area contributed by atoms with E-state index in [4.69, 9.17) is 15.2 Å². The number of hydrogen-bond donors (Lipinski definition) is 3. The van der Waals surface area contributed by atoms with Gasteiger partial charge in [0.2, 0.25) is 17.7 Å². The van der Waals surface area contributed by atoms with Gasteiger partial charge in [-0.15, -0.1) is 0 Å². The van der Waals surface area contributed by atoms with Crippen LogP contribution in [-0.4, -0.2) is 89.1 Å². The van der Waals surface area contributed by atoms with Crippen LogP contribution in [0.25, 0.3) is 0 Å². The van der Waals surface area contributed by atoms with Crippen LogP contribution in [0.3, 0.4) is 0 Å². The third-order valence-corrected chi connectivity index (χ3v) is 7.70. The maximum Gasteiger partial charge on any atom is 0.408 e. The molecule has 4 amide bonds. The summed E-state index contributed by atoms with van der Waals surface area (Å²) in [5.41, 5.74) is 3.99. The van der Waals surface area contributed by atoms with Crippen molar-refractivity contribution in [3.63, 3.8) is 0 Å². The lowest BCUT2D eigenvalue weighted by molar-refractivity contribution is -0.145. The van der Waals surface area contributed by atoms with E-state index in [1.54, 1.807) is 39.5 Å². The summed E-state index contributed by atoms with van der Waals surface area (Å²) < 4.78 is 11.2. The smallest absolute Gasteiger partial charge is 0.408 e. The molecule has 11 heteroatoms. The molecule has 4 N–H and O–H groups in total. The lowest BCUT2D eigenvalue weighted by Crippen LogP contribution is -2.65. The molecule has 2 aliphatic heterocycles. The van der Waals surface area contributed by atoms with Gasteiger partial charge in [0.1, 0.15) is 22.7 Å². The molecule has 0 saturated carbocycles. The monoisotopic (exact) mass is 573 g/mol. The van der Waals surface area contributed by atoms with E-state index in [9.17, 15) is 19.2 Å². The Hall–Kier alpha value is -3.18. The fourth-order valence-electron chi connectivity index (χ4n) is 5.36. The van der Waals surface area contributed by atoms with Gasteiger partial charge in [0.25, 0.3) is 0 Å². The van der Waals surface area contributed by atoms with Crippen molar-refractivity contribution in [2.75, 3.05) is 32.8 Å². The molecule has 2 saturated heterocycles. The number of rotatable bonds is 10. The van der Waals surface area contributed by atoms with Gasteiger partial charge in [-0.1, -0.05) is 36.8 Å². The molecule has 41 heavy (non-hydrogen) atoms. The fourth-order valence-corrected chi connectivity index (χ4v) is 5.36. The minimum atomic E-state index is -1.36. The summed E-state index contributed by atoms with van der Waals surface area (Å²) in [5.74, 6) is -1.21. The largest absolute Gasteiger partial charge is 0.444 e. The summed E-state index contributed by atoms with van der Waals surface area (Å²) in [5, 5.41) is 5.37. The Morgan fingerprint density at radius 2 is 1.56 bits per heavy atom. The van der Waals surface area contributed by atoms with Crippen LogP contribution < -0.4 is 16.4 Å². The molecule has 0 bridgehead atoms. The van der Waals surface area contributed by atoms with Crippen molar-refractivity contribution in [3.05, 3.63) is 35.9 Å². The van der Waals surface area contributed by atoms with E-state index in [1.807, 2.05) is 30.3 Å². The highest BCUT2D eigenvalue weighted by atomic mass is 16.6. The Kier molecular flexibility index (Phi) is 10.8. The molecule has 2 heterocycles. The van der Waals surface area contributed by atoms with Gasteiger partial charge in [-0.3, -0.25) is 19.3 Å². The number of hydrogen-bond acceptors (Lipinski definition) is 7. The first-order valence-electron chi connectivity index (χ1n) is 14.5. The lowest BCUT2D eigenvalue weighted by atomic mass is 9.83. The third-order valence-electron chi connectivity index (χ3n) is 7.70. The van der Waals surface area contributed by atoms with Gasteiger partial charge in [0.15, 0.2) is 0 Å². The molecule has 0 aromatic heterocycles. The van der Waals surface area contributed by atoms with E-state index in [0.717, 1.165) is 37.9 Å². The van der Waals surface area contributed by atoms with E-state index >= 15 is 0 Å². The third kappa shape index (κ3) is 8.90. The number of benzene rings is 1. The number of likely N-dealkylation sites (tertiary alicyclic amines) is 2. The highest BCUT2D eigenvalue weighted by Crippen LogP contribution is 2.32. The van der Waals surface area contributed by atoms with Crippen molar-refractivity contribution in [1.82, 2.24) is 20.4 Å². The predicted molar refractivity (Wildman–Crippen MR) is 155 cm³/mol. The summed E-state index contributed by atoms with van der Waals surface area (Å²) in [6.07, 6.45) is 3.32. The topological polar surface area (TPSA) is 143 Å². The Bertz CT molecular complexity index is 1060. The van der Waals surface area contributed by atoms with Gasteiger partial charge in [-0.2, -0.15) is 0 Å². The first-order chi connectivity index (χ1) is 19.2. The molecule has 2 aliphatic rings. The number of carbonyl (C=O) groups is 4. The zero-order valence-corrected chi connectivity index (χ0v) is 25.2. The number of alkyl carbamates (subject to hydrolysis) is 1. The molecule has 1 aromatic carbocycles. The molecule has 1 aromatic rings. The second-order valence-electron chi connectivity index (χ2n) is 12.5. The normalized spacial score (nSPS) is 18.7. The van der Waals surface area contributed by atoms with E-state index in [-0.39, 0.29) is 25.0 Å². The second-order valence-corrected chi connectivity index (χ2v) is 12.5. The van der Waals surface area contributed by atoms with E-state index < -0.39 is 34.7 Å². The Balaban J connectivity index is 1.70. The van der Waals surface area contributed by atoms with E-state index in [1.165, 1.54) is 0 Å². The highest BCUT2D eigenvalue weighted by Gasteiger charge is 2.46. The molecular weight excluding hydrogens is 526 g/mol. The van der Waals surface area contributed by atoms with Crippen LogP contribution in [0.5, 0.6) is 0 Å². The molecule has 1 atom stereocenters. The molecule has 228 valence electrons. The molecule has 3 rings (SSSR count). The van der Waals surface area contributed by atoms with Crippen molar-refractivity contribution >= 4 is 23.8 Å². The number of nitrogens with one attached hydrogen (secondary N) is 2. The van der Waals surface area contributed by atoms with Crippen molar-refractivity contribution in [2.45, 2.75) is 96.1 Å². The van der Waals surface area contributed by atoms with Crippen molar-refractivity contribution in [3.8, 4) is 0 Å². The highest BCUT2D eigenvalue weighted by molar-refractivity contribution is 5.94. The first kappa shape index (κ1) is 32.3. The molecular formula is C30H47N5O6. The fraction of sp³-hybridized carbons (Fsp3) is 0.667. The van der Waals surface area contributed by atoms with E-state index in [0.29, 0.717) is 25.9 Å². The maximum atomic E-state index is 13.8. The molecule has 0 radical (unpaired) electrons. The first-order valence-corrected chi connectivity index (χ1v) is 14.5. The summed E-state index contributed by atoms with van der Waals surface area (Å²) in [6.45, 7) is 10.8. The summed E-state index contributed by atoms with van der Waals surface area (Å²) in [7, 11) is 0. The van der Waals surface area contributed by atoms with Crippen molar-refractivity contribution in [2.24, 2.45) is 5.73 Å². The number of piperidine rings is 2. The van der Waals surface area contributed by atoms with Crippen LogP contribution in [0.2, 0.25) is 0 Å². The Labute approximate surface area is 243 Å². The summed E-state index contributed by atoms with van der Waals surface area (Å²) >= 11 is 0. The zero-order valence-electron chi connectivity index (χ0n) is 25.2. The maximum absolute atomic E-state index is 13.8. The molecule has 2 fully saturated rings. The SMILES string of the molecule is CC(C)(C)OC(=O)NC(C)(C)C(=O)N[C@H](COCc1ccccc1)C(=O)N1CCC(C(N)=O)(N2CCCCC2)CC1. The average Bonchev–Trinajstić information content (AvgIpc) is 2.91. The molecule has 0 aliphatic carbocycles. The predicted octanol–water partition coefficient (Wildman–Crippen LogP) is 2.32. The molecule has 11 nitrogen and oxygen atoms in total. The van der Waals surface area contributed by atoms with Crippen molar-refractivity contribution < 1.29 is 28.7 Å². The van der Waals surface area contributed by atoms with Crippen LogP contribution in [0, 0.1) is 0 Å². The van der Waals surface area contributed by atoms with Gasteiger partial charge in [-0.05, 0) is 79.0 Å². The number of nitrogens with two attached hydrogens (primary N) is 1. The van der Waals surface area contributed by atoms with Crippen LogP contribution >= 0.6 is 0 Å². The van der Waals surface area contributed by atoms with Crippen molar-refractivity contribution in [1.29, 1.82) is 0 Å². The van der Waals surface area contributed by atoms with Gasteiger partial charge in [0.05, 0.1) is 13.2 Å². The Morgan fingerprint density at radius 3 is 2.12 bits per heavy atom. The summed E-state index contributed by atoms with van der Waals surface area (Å²) in [4.78, 5) is 55.9. The number of carbonyl (C=O) groups excluding carboxylic acids is 4. The van der Waals surface area contributed by atoms with Crippen LogP contribution in [0.15, 0.2) is 30.3 Å². The van der Waals surface area contributed by atoms with Gasteiger partial charge < -0.3 is 30.7 Å². The molecule has 0 spiro atoms. The second kappa shape index (κ2) is 13.7.